The highest BCUT2D eigenvalue weighted by Crippen LogP contribution is 2.20. The molecule has 1 amide bonds. The number of halogens is 1. The quantitative estimate of drug-likeness (QED) is 0.607. The summed E-state index contributed by atoms with van der Waals surface area (Å²) < 4.78 is 13.9. The van der Waals surface area contributed by atoms with Crippen molar-refractivity contribution in [3.8, 4) is 0 Å². The predicted molar refractivity (Wildman–Crippen MR) is 55.3 cm³/mol. The summed E-state index contributed by atoms with van der Waals surface area (Å²) >= 11 is 0. The Bertz CT molecular complexity index is 217. The SMILES string of the molecule is CC(CCCO)NC(=O)C1(F)CCNC1. The van der Waals surface area contributed by atoms with Gasteiger partial charge in [0.15, 0.2) is 0 Å². The van der Waals surface area contributed by atoms with Gasteiger partial charge in [-0.1, -0.05) is 0 Å². The van der Waals surface area contributed by atoms with Crippen LogP contribution in [0.3, 0.4) is 0 Å². The second-order valence-corrected chi connectivity index (χ2v) is 4.13. The van der Waals surface area contributed by atoms with Gasteiger partial charge in [0.05, 0.1) is 0 Å². The molecule has 0 aromatic rings. The average Bonchev–Trinajstić information content (AvgIpc) is 2.63. The lowest BCUT2D eigenvalue weighted by Crippen LogP contribution is -2.48. The Labute approximate surface area is 89.2 Å². The average molecular weight is 218 g/mol. The van der Waals surface area contributed by atoms with Gasteiger partial charge in [-0.3, -0.25) is 4.79 Å². The van der Waals surface area contributed by atoms with E-state index < -0.39 is 11.6 Å². The van der Waals surface area contributed by atoms with Crippen LogP contribution in [0.25, 0.3) is 0 Å². The minimum absolute atomic E-state index is 0.0853. The van der Waals surface area contributed by atoms with E-state index in [-0.39, 0.29) is 25.6 Å². The zero-order chi connectivity index (χ0) is 11.3. The van der Waals surface area contributed by atoms with Crippen molar-refractivity contribution in [1.29, 1.82) is 0 Å². The molecule has 15 heavy (non-hydrogen) atoms. The molecule has 1 rings (SSSR count). The van der Waals surface area contributed by atoms with Crippen LogP contribution in [0.1, 0.15) is 26.2 Å². The zero-order valence-electron chi connectivity index (χ0n) is 9.05. The van der Waals surface area contributed by atoms with Gasteiger partial charge in [-0.2, -0.15) is 0 Å². The normalized spacial score (nSPS) is 27.7. The number of aliphatic hydroxyl groups excluding tert-OH is 1. The molecule has 0 saturated carbocycles. The van der Waals surface area contributed by atoms with E-state index >= 15 is 0 Å². The first kappa shape index (κ1) is 12.4. The van der Waals surface area contributed by atoms with Crippen LogP contribution in [-0.4, -0.2) is 42.4 Å². The number of rotatable bonds is 5. The maximum atomic E-state index is 13.9. The van der Waals surface area contributed by atoms with Crippen molar-refractivity contribution in [2.75, 3.05) is 19.7 Å². The summed E-state index contributed by atoms with van der Waals surface area (Å²) in [4.78, 5) is 11.6. The van der Waals surface area contributed by atoms with Gasteiger partial charge >= 0.3 is 0 Å². The van der Waals surface area contributed by atoms with E-state index in [1.165, 1.54) is 0 Å². The van der Waals surface area contributed by atoms with E-state index in [0.29, 0.717) is 19.4 Å². The molecule has 0 radical (unpaired) electrons. The van der Waals surface area contributed by atoms with Crippen molar-refractivity contribution >= 4 is 5.91 Å². The Hall–Kier alpha value is -0.680. The predicted octanol–water partition coefficient (Wildman–Crippen LogP) is -0.0348. The third kappa shape index (κ3) is 3.43. The van der Waals surface area contributed by atoms with E-state index in [9.17, 15) is 9.18 Å². The zero-order valence-corrected chi connectivity index (χ0v) is 9.05. The van der Waals surface area contributed by atoms with Crippen LogP contribution in [0.15, 0.2) is 0 Å². The maximum absolute atomic E-state index is 13.9. The van der Waals surface area contributed by atoms with Crippen LogP contribution < -0.4 is 10.6 Å². The van der Waals surface area contributed by atoms with Crippen molar-refractivity contribution in [2.45, 2.75) is 37.9 Å². The summed E-state index contributed by atoms with van der Waals surface area (Å²) in [6.07, 6.45) is 1.54. The fraction of sp³-hybridized carbons (Fsp3) is 0.900. The number of aliphatic hydroxyl groups is 1. The molecular formula is C10H19FN2O2. The van der Waals surface area contributed by atoms with Gasteiger partial charge in [0.1, 0.15) is 0 Å². The summed E-state index contributed by atoms with van der Waals surface area (Å²) in [5, 5.41) is 14.1. The topological polar surface area (TPSA) is 61.4 Å². The molecule has 2 atom stereocenters. The molecule has 0 bridgehead atoms. The number of alkyl halides is 1. The number of hydrogen-bond donors (Lipinski definition) is 3. The summed E-state index contributed by atoms with van der Waals surface area (Å²) in [6, 6.07) is -0.0853. The molecule has 1 fully saturated rings. The van der Waals surface area contributed by atoms with Crippen molar-refractivity contribution < 1.29 is 14.3 Å². The fourth-order valence-corrected chi connectivity index (χ4v) is 1.68. The van der Waals surface area contributed by atoms with Crippen LogP contribution in [0, 0.1) is 0 Å². The Morgan fingerprint density at radius 2 is 2.47 bits per heavy atom. The van der Waals surface area contributed by atoms with Crippen molar-refractivity contribution in [3.05, 3.63) is 0 Å². The van der Waals surface area contributed by atoms with Crippen molar-refractivity contribution in [3.63, 3.8) is 0 Å². The van der Waals surface area contributed by atoms with E-state index in [2.05, 4.69) is 10.6 Å². The smallest absolute Gasteiger partial charge is 0.259 e. The minimum Gasteiger partial charge on any atom is -0.396 e. The first-order valence-electron chi connectivity index (χ1n) is 5.40. The Kier molecular flexibility index (Phi) is 4.47. The van der Waals surface area contributed by atoms with Gasteiger partial charge in [-0.15, -0.1) is 0 Å². The van der Waals surface area contributed by atoms with Gasteiger partial charge in [0, 0.05) is 25.6 Å². The number of hydrogen-bond acceptors (Lipinski definition) is 3. The van der Waals surface area contributed by atoms with Gasteiger partial charge in [-0.25, -0.2) is 4.39 Å². The third-order valence-electron chi connectivity index (χ3n) is 2.68. The number of amides is 1. The Morgan fingerprint density at radius 1 is 1.73 bits per heavy atom. The highest BCUT2D eigenvalue weighted by Gasteiger charge is 2.41. The highest BCUT2D eigenvalue weighted by atomic mass is 19.1. The third-order valence-corrected chi connectivity index (χ3v) is 2.68. The number of carbonyl (C=O) groups is 1. The molecule has 0 spiro atoms. The van der Waals surface area contributed by atoms with Crippen LogP contribution in [-0.2, 0) is 4.79 Å². The standard InChI is InChI=1S/C10H19FN2O2/c1-8(3-2-6-14)13-9(15)10(11)4-5-12-7-10/h8,12,14H,2-7H2,1H3,(H,13,15). The first-order valence-corrected chi connectivity index (χ1v) is 5.40. The second-order valence-electron chi connectivity index (χ2n) is 4.13. The van der Waals surface area contributed by atoms with Crippen molar-refractivity contribution in [1.82, 2.24) is 10.6 Å². The molecule has 1 aliphatic rings. The monoisotopic (exact) mass is 218 g/mol. The van der Waals surface area contributed by atoms with Crippen molar-refractivity contribution in [2.24, 2.45) is 0 Å². The molecule has 1 heterocycles. The minimum atomic E-state index is -1.74. The molecule has 0 aromatic carbocycles. The van der Waals surface area contributed by atoms with Gasteiger partial charge in [0.2, 0.25) is 5.67 Å². The lowest BCUT2D eigenvalue weighted by molar-refractivity contribution is -0.132. The van der Waals surface area contributed by atoms with Crippen LogP contribution in [0.4, 0.5) is 4.39 Å². The Morgan fingerprint density at radius 3 is 3.00 bits per heavy atom. The summed E-state index contributed by atoms with van der Waals surface area (Å²) in [7, 11) is 0. The second kappa shape index (κ2) is 5.42. The largest absolute Gasteiger partial charge is 0.396 e. The fourth-order valence-electron chi connectivity index (χ4n) is 1.68. The lowest BCUT2D eigenvalue weighted by Gasteiger charge is -2.21. The first-order chi connectivity index (χ1) is 7.08. The van der Waals surface area contributed by atoms with Gasteiger partial charge < -0.3 is 15.7 Å². The van der Waals surface area contributed by atoms with Crippen LogP contribution in [0.2, 0.25) is 0 Å². The molecule has 4 nitrogen and oxygen atoms in total. The van der Waals surface area contributed by atoms with E-state index in [1.807, 2.05) is 6.92 Å². The van der Waals surface area contributed by atoms with Crippen LogP contribution >= 0.6 is 0 Å². The van der Waals surface area contributed by atoms with Gasteiger partial charge in [-0.05, 0) is 26.3 Å². The van der Waals surface area contributed by atoms with Crippen LogP contribution in [0.5, 0.6) is 0 Å². The van der Waals surface area contributed by atoms with Gasteiger partial charge in [0.25, 0.3) is 5.91 Å². The van der Waals surface area contributed by atoms with E-state index in [1.54, 1.807) is 0 Å². The van der Waals surface area contributed by atoms with E-state index in [0.717, 1.165) is 0 Å². The maximum Gasteiger partial charge on any atom is 0.259 e. The lowest BCUT2D eigenvalue weighted by atomic mass is 10.0. The summed E-state index contributed by atoms with van der Waals surface area (Å²) in [5.74, 6) is -0.530. The molecule has 2 unspecified atom stereocenters. The highest BCUT2D eigenvalue weighted by molar-refractivity contribution is 5.86. The number of nitrogens with one attached hydrogen (secondary N) is 2. The Balaban J connectivity index is 2.34. The summed E-state index contributed by atoms with van der Waals surface area (Å²) in [6.45, 7) is 2.57. The molecule has 0 aliphatic carbocycles. The molecule has 88 valence electrons. The molecule has 0 aromatic heterocycles. The molecule has 5 heteroatoms. The van der Waals surface area contributed by atoms with E-state index in [4.69, 9.17) is 5.11 Å². The molecular weight excluding hydrogens is 199 g/mol. The molecule has 1 saturated heterocycles. The number of carbonyl (C=O) groups excluding carboxylic acids is 1. The molecule has 3 N–H and O–H groups in total. The molecule has 1 aliphatic heterocycles. The summed E-state index contributed by atoms with van der Waals surface area (Å²) in [5.41, 5.74) is -1.74.